The predicted octanol–water partition coefficient (Wildman–Crippen LogP) is 4.57. The van der Waals surface area contributed by atoms with E-state index in [0.717, 1.165) is 0 Å². The molecule has 168 valence electrons. The third-order valence-corrected chi connectivity index (χ3v) is 6.06. The lowest BCUT2D eigenvalue weighted by Crippen LogP contribution is -2.39. The largest absolute Gasteiger partial charge is 0.465 e. The Labute approximate surface area is 193 Å². The number of fused-ring (bicyclic) bond motifs is 4. The molecule has 2 aliphatic rings. The quantitative estimate of drug-likeness (QED) is 0.443. The first-order valence-corrected chi connectivity index (χ1v) is 10.6. The molecule has 6 rings (SSSR count). The van der Waals surface area contributed by atoms with E-state index in [1.165, 1.54) is 6.20 Å². The third kappa shape index (κ3) is 3.08. The average Bonchev–Trinajstić information content (AvgIpc) is 2.86. The highest BCUT2D eigenvalue weighted by molar-refractivity contribution is 5.77. The van der Waals surface area contributed by atoms with Gasteiger partial charge in [-0.25, -0.2) is 15.0 Å². The van der Waals surface area contributed by atoms with E-state index < -0.39 is 17.4 Å². The number of rotatable bonds is 2. The summed E-state index contributed by atoms with van der Waals surface area (Å²) in [6, 6.07) is 13.7. The second-order valence-electron chi connectivity index (χ2n) is 7.98. The molecule has 0 fully saturated rings. The van der Waals surface area contributed by atoms with Crippen molar-refractivity contribution in [2.45, 2.75) is 12.0 Å². The second kappa shape index (κ2) is 7.58. The van der Waals surface area contributed by atoms with Crippen LogP contribution in [0.3, 0.4) is 0 Å². The molecule has 3 aromatic heterocycles. The number of aromatic nitrogens is 3. The number of benzene rings is 1. The van der Waals surface area contributed by atoms with Gasteiger partial charge in [-0.1, -0.05) is 6.07 Å². The summed E-state index contributed by atoms with van der Waals surface area (Å²) in [5, 5.41) is 0. The lowest BCUT2D eigenvalue weighted by atomic mass is 9.77. The van der Waals surface area contributed by atoms with E-state index in [1.54, 1.807) is 60.9 Å². The first kappa shape index (κ1) is 20.2. The van der Waals surface area contributed by atoms with Crippen LogP contribution in [0.15, 0.2) is 72.1 Å². The Hall–Kier alpha value is -4.40. The highest BCUT2D eigenvalue weighted by atomic mass is 19.1. The first-order valence-electron chi connectivity index (χ1n) is 10.6. The summed E-state index contributed by atoms with van der Waals surface area (Å²) in [7, 11) is 0. The van der Waals surface area contributed by atoms with E-state index in [0.29, 0.717) is 45.7 Å². The van der Waals surface area contributed by atoms with E-state index in [9.17, 15) is 4.39 Å². The molecule has 2 aliphatic heterocycles. The number of ether oxygens (including phenoxy) is 2. The van der Waals surface area contributed by atoms with Crippen molar-refractivity contribution in [2.24, 2.45) is 10.7 Å². The van der Waals surface area contributed by atoms with E-state index in [4.69, 9.17) is 15.2 Å². The number of pyridine rings is 3. The van der Waals surface area contributed by atoms with Crippen LogP contribution in [-0.4, -0.2) is 27.6 Å². The first-order chi connectivity index (χ1) is 16.5. The van der Waals surface area contributed by atoms with Crippen molar-refractivity contribution < 1.29 is 18.3 Å². The molecule has 0 bridgehead atoms. The Kier molecular flexibility index (Phi) is 4.51. The summed E-state index contributed by atoms with van der Waals surface area (Å²) in [6.07, 6.45) is 4.98. The molecule has 34 heavy (non-hydrogen) atoms. The molecular weight excluding hydrogens is 440 g/mol. The number of amidine groups is 1. The number of aliphatic imine (C=N–C) groups is 1. The molecule has 0 amide bonds. The molecule has 0 saturated carbocycles. The summed E-state index contributed by atoms with van der Waals surface area (Å²) in [5.41, 5.74) is 7.91. The molecule has 7 nitrogen and oxygen atoms in total. The van der Waals surface area contributed by atoms with E-state index in [-0.39, 0.29) is 18.4 Å². The van der Waals surface area contributed by atoms with Gasteiger partial charge in [0.05, 0.1) is 12.3 Å². The van der Waals surface area contributed by atoms with Gasteiger partial charge in [0.2, 0.25) is 5.95 Å². The fraction of sp³-hybridized carbons (Fsp3) is 0.120. The minimum absolute atomic E-state index is 0.0249. The molecular formula is C25H17F2N5O2. The zero-order valence-corrected chi connectivity index (χ0v) is 17.7. The topological polar surface area (TPSA) is 95.5 Å². The van der Waals surface area contributed by atoms with Crippen molar-refractivity contribution in [3.8, 4) is 33.9 Å². The number of hydrogen-bond acceptors (Lipinski definition) is 7. The molecule has 0 saturated heterocycles. The van der Waals surface area contributed by atoms with Crippen molar-refractivity contribution >= 4 is 6.02 Å². The predicted molar refractivity (Wildman–Crippen MR) is 120 cm³/mol. The van der Waals surface area contributed by atoms with E-state index >= 15 is 4.39 Å². The van der Waals surface area contributed by atoms with Crippen LogP contribution >= 0.6 is 0 Å². The number of nitrogens with two attached hydrogens (primary N) is 1. The Morgan fingerprint density at radius 2 is 1.82 bits per heavy atom. The highest BCUT2D eigenvalue weighted by Gasteiger charge is 2.46. The van der Waals surface area contributed by atoms with Crippen molar-refractivity contribution in [3.63, 3.8) is 0 Å². The molecule has 0 aliphatic carbocycles. The molecule has 1 unspecified atom stereocenters. The van der Waals surface area contributed by atoms with E-state index in [1.807, 2.05) is 0 Å². The van der Waals surface area contributed by atoms with Gasteiger partial charge in [0.15, 0.2) is 5.75 Å². The number of nitrogens with zero attached hydrogens (tertiary/aromatic N) is 4. The van der Waals surface area contributed by atoms with Gasteiger partial charge in [-0.2, -0.15) is 8.78 Å². The molecule has 1 aromatic carbocycles. The van der Waals surface area contributed by atoms with Crippen LogP contribution in [0.4, 0.5) is 8.78 Å². The van der Waals surface area contributed by atoms with Crippen molar-refractivity contribution in [1.29, 1.82) is 0 Å². The minimum Gasteiger partial charge on any atom is -0.465 e. The highest BCUT2D eigenvalue weighted by Crippen LogP contribution is 2.53. The van der Waals surface area contributed by atoms with Gasteiger partial charge >= 0.3 is 0 Å². The molecule has 9 heteroatoms. The fourth-order valence-corrected chi connectivity index (χ4v) is 4.50. The molecule has 2 N–H and O–H groups in total. The van der Waals surface area contributed by atoms with Gasteiger partial charge in [0.25, 0.3) is 12.0 Å². The van der Waals surface area contributed by atoms with Gasteiger partial charge < -0.3 is 15.2 Å². The SMILES string of the molecule is NC1=NC2(CCO1)c1cc(-c3cccnc3F)ccc1Oc1c2cc(-c2cccnc2)nc1F. The third-order valence-electron chi connectivity index (χ3n) is 6.06. The molecule has 1 atom stereocenters. The maximum Gasteiger partial charge on any atom is 0.283 e. The zero-order chi connectivity index (χ0) is 23.3. The Morgan fingerprint density at radius 3 is 2.62 bits per heavy atom. The molecule has 4 aromatic rings. The summed E-state index contributed by atoms with van der Waals surface area (Å²) in [4.78, 5) is 16.6. The number of halogens is 2. The minimum atomic E-state index is -1.11. The van der Waals surface area contributed by atoms with E-state index in [2.05, 4.69) is 19.9 Å². The van der Waals surface area contributed by atoms with Crippen molar-refractivity contribution in [3.05, 3.63) is 90.1 Å². The Bertz CT molecular complexity index is 1460. The van der Waals surface area contributed by atoms with Crippen LogP contribution in [0.2, 0.25) is 0 Å². The average molecular weight is 457 g/mol. The Balaban J connectivity index is 1.61. The smallest absolute Gasteiger partial charge is 0.283 e. The fourth-order valence-electron chi connectivity index (χ4n) is 4.50. The van der Waals surface area contributed by atoms with Gasteiger partial charge in [-0.05, 0) is 48.0 Å². The molecule has 0 radical (unpaired) electrons. The van der Waals surface area contributed by atoms with Crippen LogP contribution in [0.1, 0.15) is 17.5 Å². The number of hydrogen-bond donors (Lipinski definition) is 1. The van der Waals surface area contributed by atoms with Crippen LogP contribution in [0.5, 0.6) is 11.5 Å². The molecule has 1 spiro atoms. The summed E-state index contributed by atoms with van der Waals surface area (Å²) in [6.45, 7) is 0.256. The lowest BCUT2D eigenvalue weighted by Gasteiger charge is -2.39. The van der Waals surface area contributed by atoms with Crippen LogP contribution < -0.4 is 10.5 Å². The summed E-state index contributed by atoms with van der Waals surface area (Å²) in [5.74, 6) is -1.02. The standard InChI is InChI=1S/C25H17F2N5O2/c26-22-16(4-2-9-30-22)14-5-6-20-17(11-14)25(7-10-33-24(28)32-25)18-12-19(15-3-1-8-29-13-15)31-23(27)21(18)34-20/h1-6,8-9,11-13H,7,10H2,(H2,28,32). The summed E-state index contributed by atoms with van der Waals surface area (Å²) < 4.78 is 41.2. The van der Waals surface area contributed by atoms with Crippen LogP contribution in [0.25, 0.3) is 22.4 Å². The van der Waals surface area contributed by atoms with Gasteiger partial charge in [0.1, 0.15) is 11.3 Å². The lowest BCUT2D eigenvalue weighted by molar-refractivity contribution is 0.217. The van der Waals surface area contributed by atoms with Crippen molar-refractivity contribution in [1.82, 2.24) is 15.0 Å². The Morgan fingerprint density at radius 1 is 0.941 bits per heavy atom. The normalized spacial score (nSPS) is 18.4. The second-order valence-corrected chi connectivity index (χ2v) is 7.98. The summed E-state index contributed by atoms with van der Waals surface area (Å²) >= 11 is 0. The van der Waals surface area contributed by atoms with Gasteiger partial charge in [0, 0.05) is 47.3 Å². The van der Waals surface area contributed by atoms with Crippen LogP contribution in [0, 0.1) is 11.9 Å². The van der Waals surface area contributed by atoms with Gasteiger partial charge in [-0.15, -0.1) is 0 Å². The zero-order valence-electron chi connectivity index (χ0n) is 17.7. The molecule has 5 heterocycles. The maximum atomic E-state index is 15.3. The van der Waals surface area contributed by atoms with Crippen molar-refractivity contribution in [2.75, 3.05) is 6.61 Å². The van der Waals surface area contributed by atoms with Crippen LogP contribution in [-0.2, 0) is 10.3 Å². The maximum absolute atomic E-state index is 15.3. The van der Waals surface area contributed by atoms with Gasteiger partial charge in [-0.3, -0.25) is 4.98 Å². The monoisotopic (exact) mass is 457 g/mol.